The smallest absolute Gasteiger partial charge is 0.226 e. The zero-order chi connectivity index (χ0) is 23.9. The standard InChI is InChI=1S/C28H37N3O3/c1-20(29-2)27(32)18-25(21-9-4-3-5-10-21)28(33)31-16-8-14-26(31)22-11-6-12-23(17-22)34-24-13-7-15-30-19-24/h6-7,11-13,15,17,19-21,25-26,29H,3-5,8-10,14,16,18H2,1-2H3/t20-,25-,26-/m0/s1. The lowest BCUT2D eigenvalue weighted by Crippen LogP contribution is -2.42. The number of amides is 1. The van der Waals surface area contributed by atoms with Crippen LogP contribution in [0.5, 0.6) is 11.5 Å². The molecule has 1 amide bonds. The number of nitrogens with one attached hydrogen (secondary N) is 1. The van der Waals surface area contributed by atoms with E-state index in [0.29, 0.717) is 18.1 Å². The summed E-state index contributed by atoms with van der Waals surface area (Å²) in [5.41, 5.74) is 1.09. The number of benzene rings is 1. The van der Waals surface area contributed by atoms with Gasteiger partial charge in [-0.1, -0.05) is 31.4 Å². The molecular weight excluding hydrogens is 426 g/mol. The highest BCUT2D eigenvalue weighted by molar-refractivity contribution is 5.90. The van der Waals surface area contributed by atoms with Crippen molar-refractivity contribution in [2.75, 3.05) is 13.6 Å². The molecule has 1 aliphatic carbocycles. The highest BCUT2D eigenvalue weighted by Gasteiger charge is 2.39. The van der Waals surface area contributed by atoms with Crippen LogP contribution < -0.4 is 10.1 Å². The molecule has 1 saturated heterocycles. The molecule has 2 aromatic rings. The summed E-state index contributed by atoms with van der Waals surface area (Å²) in [4.78, 5) is 33.0. The average molecular weight is 464 g/mol. The number of hydrogen-bond acceptors (Lipinski definition) is 5. The maximum Gasteiger partial charge on any atom is 0.226 e. The minimum Gasteiger partial charge on any atom is -0.456 e. The highest BCUT2D eigenvalue weighted by atomic mass is 16.5. The molecule has 1 aromatic heterocycles. The molecule has 2 heterocycles. The number of hydrogen-bond donors (Lipinski definition) is 1. The topological polar surface area (TPSA) is 71.5 Å². The van der Waals surface area contributed by atoms with Gasteiger partial charge in [0.15, 0.2) is 0 Å². The predicted molar refractivity (Wildman–Crippen MR) is 133 cm³/mol. The first kappa shape index (κ1) is 24.4. The van der Waals surface area contributed by atoms with Crippen LogP contribution in [0.1, 0.15) is 69.9 Å². The van der Waals surface area contributed by atoms with E-state index in [1.807, 2.05) is 42.2 Å². The number of likely N-dealkylation sites (N-methyl/N-ethyl adjacent to an activating group) is 1. The molecule has 6 heteroatoms. The van der Waals surface area contributed by atoms with Crippen LogP contribution >= 0.6 is 0 Å². The SMILES string of the molecule is CN[C@@H](C)C(=O)C[C@H](C(=O)N1CCC[C@H]1c1cccc(Oc2cccnc2)c1)C1CCCCC1. The van der Waals surface area contributed by atoms with Crippen LogP contribution in [0.25, 0.3) is 0 Å². The molecule has 2 aliphatic rings. The van der Waals surface area contributed by atoms with Crippen molar-refractivity contribution in [2.45, 2.75) is 70.4 Å². The Bertz CT molecular complexity index is 958. The van der Waals surface area contributed by atoms with Crippen LogP contribution in [0, 0.1) is 11.8 Å². The fraction of sp³-hybridized carbons (Fsp3) is 0.536. The number of carbonyl (C=O) groups excluding carboxylic acids is 2. The van der Waals surface area contributed by atoms with Gasteiger partial charge in [-0.3, -0.25) is 14.6 Å². The van der Waals surface area contributed by atoms with E-state index in [1.54, 1.807) is 19.4 Å². The summed E-state index contributed by atoms with van der Waals surface area (Å²) in [6, 6.07) is 11.5. The molecule has 0 bridgehead atoms. The van der Waals surface area contributed by atoms with Crippen molar-refractivity contribution < 1.29 is 14.3 Å². The summed E-state index contributed by atoms with van der Waals surface area (Å²) in [5, 5.41) is 3.05. The van der Waals surface area contributed by atoms with Gasteiger partial charge in [0.1, 0.15) is 17.3 Å². The fourth-order valence-corrected chi connectivity index (χ4v) is 5.47. The minimum atomic E-state index is -0.227. The summed E-state index contributed by atoms with van der Waals surface area (Å²) in [5.74, 6) is 1.80. The van der Waals surface area contributed by atoms with Gasteiger partial charge in [-0.15, -0.1) is 0 Å². The molecule has 6 nitrogen and oxygen atoms in total. The summed E-state index contributed by atoms with van der Waals surface area (Å²) < 4.78 is 5.99. The van der Waals surface area contributed by atoms with Crippen LogP contribution in [0.4, 0.5) is 0 Å². The minimum absolute atomic E-state index is 0.0212. The Morgan fingerprint density at radius 3 is 2.62 bits per heavy atom. The van der Waals surface area contributed by atoms with E-state index in [1.165, 1.54) is 6.42 Å². The number of carbonyl (C=O) groups is 2. The Hall–Kier alpha value is -2.73. The zero-order valence-electron chi connectivity index (χ0n) is 20.4. The number of ether oxygens (including phenoxy) is 1. The quantitative estimate of drug-likeness (QED) is 0.546. The Balaban J connectivity index is 1.53. The van der Waals surface area contributed by atoms with Crippen molar-refractivity contribution in [2.24, 2.45) is 11.8 Å². The first-order chi connectivity index (χ1) is 16.6. The van der Waals surface area contributed by atoms with Crippen molar-refractivity contribution in [3.63, 3.8) is 0 Å². The van der Waals surface area contributed by atoms with E-state index in [2.05, 4.69) is 16.4 Å². The third-order valence-corrected chi connectivity index (χ3v) is 7.52. The summed E-state index contributed by atoms with van der Waals surface area (Å²) >= 11 is 0. The number of aromatic nitrogens is 1. The predicted octanol–water partition coefficient (Wildman–Crippen LogP) is 5.30. The second kappa shape index (κ2) is 11.6. The van der Waals surface area contributed by atoms with E-state index >= 15 is 0 Å². The molecule has 1 N–H and O–H groups in total. The summed E-state index contributed by atoms with van der Waals surface area (Å²) in [6.07, 6.45) is 11.3. The lowest BCUT2D eigenvalue weighted by molar-refractivity contribution is -0.141. The molecule has 3 atom stereocenters. The second-order valence-electron chi connectivity index (χ2n) is 9.74. The molecule has 34 heavy (non-hydrogen) atoms. The lowest BCUT2D eigenvalue weighted by atomic mass is 9.76. The zero-order valence-corrected chi connectivity index (χ0v) is 20.4. The molecule has 0 radical (unpaired) electrons. The van der Waals surface area contributed by atoms with Gasteiger partial charge in [0, 0.05) is 25.1 Å². The molecule has 4 rings (SSSR count). The Morgan fingerprint density at radius 2 is 1.88 bits per heavy atom. The second-order valence-corrected chi connectivity index (χ2v) is 9.74. The molecular formula is C28H37N3O3. The van der Waals surface area contributed by atoms with Crippen molar-refractivity contribution in [3.8, 4) is 11.5 Å². The number of likely N-dealkylation sites (tertiary alicyclic amines) is 1. The largest absolute Gasteiger partial charge is 0.456 e. The fourth-order valence-electron chi connectivity index (χ4n) is 5.47. The van der Waals surface area contributed by atoms with Gasteiger partial charge in [-0.25, -0.2) is 0 Å². The van der Waals surface area contributed by atoms with Crippen molar-refractivity contribution in [1.29, 1.82) is 0 Å². The van der Waals surface area contributed by atoms with Gasteiger partial charge in [0.25, 0.3) is 0 Å². The van der Waals surface area contributed by atoms with Gasteiger partial charge in [-0.05, 0) is 75.4 Å². The normalized spacial score (nSPS) is 20.6. The Kier molecular flexibility index (Phi) is 8.33. The molecule has 0 unspecified atom stereocenters. The van der Waals surface area contributed by atoms with Gasteiger partial charge >= 0.3 is 0 Å². The maximum atomic E-state index is 14.0. The molecule has 1 aromatic carbocycles. The van der Waals surface area contributed by atoms with E-state index < -0.39 is 0 Å². The maximum absolute atomic E-state index is 14.0. The van der Waals surface area contributed by atoms with Gasteiger partial charge in [-0.2, -0.15) is 0 Å². The molecule has 0 spiro atoms. The van der Waals surface area contributed by atoms with E-state index in [9.17, 15) is 9.59 Å². The van der Waals surface area contributed by atoms with Crippen molar-refractivity contribution in [1.82, 2.24) is 15.2 Å². The first-order valence-electron chi connectivity index (χ1n) is 12.7. The van der Waals surface area contributed by atoms with Crippen LogP contribution in [0.2, 0.25) is 0 Å². The van der Waals surface area contributed by atoms with Crippen LogP contribution in [-0.4, -0.2) is 41.2 Å². The van der Waals surface area contributed by atoms with E-state index in [0.717, 1.165) is 56.4 Å². The monoisotopic (exact) mass is 463 g/mol. The van der Waals surface area contributed by atoms with Gasteiger partial charge < -0.3 is 15.0 Å². The first-order valence-corrected chi connectivity index (χ1v) is 12.7. The van der Waals surface area contributed by atoms with Crippen molar-refractivity contribution >= 4 is 11.7 Å². The van der Waals surface area contributed by atoms with E-state index in [-0.39, 0.29) is 29.7 Å². The Morgan fingerprint density at radius 1 is 1.09 bits per heavy atom. The summed E-state index contributed by atoms with van der Waals surface area (Å²) in [7, 11) is 1.80. The van der Waals surface area contributed by atoms with Gasteiger partial charge in [0.2, 0.25) is 5.91 Å². The number of rotatable bonds is 9. The molecule has 2 fully saturated rings. The third-order valence-electron chi connectivity index (χ3n) is 7.52. The van der Waals surface area contributed by atoms with Gasteiger partial charge in [0.05, 0.1) is 18.3 Å². The molecule has 1 saturated carbocycles. The van der Waals surface area contributed by atoms with E-state index in [4.69, 9.17) is 4.74 Å². The highest BCUT2D eigenvalue weighted by Crippen LogP contribution is 2.39. The number of nitrogens with zero attached hydrogens (tertiary/aromatic N) is 2. The lowest BCUT2D eigenvalue weighted by Gasteiger charge is -2.35. The van der Waals surface area contributed by atoms with Crippen molar-refractivity contribution in [3.05, 3.63) is 54.4 Å². The molecule has 182 valence electrons. The van der Waals surface area contributed by atoms with Crippen LogP contribution in [-0.2, 0) is 9.59 Å². The molecule has 1 aliphatic heterocycles. The van der Waals surface area contributed by atoms with Crippen LogP contribution in [0.3, 0.4) is 0 Å². The van der Waals surface area contributed by atoms with Crippen LogP contribution in [0.15, 0.2) is 48.8 Å². The Labute approximate surface area is 203 Å². The number of pyridine rings is 1. The number of ketones is 1. The summed E-state index contributed by atoms with van der Waals surface area (Å²) in [6.45, 7) is 2.63. The average Bonchev–Trinajstić information content (AvgIpc) is 3.38. The number of Topliss-reactive ketones (excluding diaryl/α,β-unsaturated/α-hetero) is 1. The third kappa shape index (κ3) is 5.84.